The Hall–Kier alpha value is -0.600. The summed E-state index contributed by atoms with van der Waals surface area (Å²) in [6, 6.07) is 5.80. The Morgan fingerprint density at radius 3 is 2.73 bits per heavy atom. The Morgan fingerprint density at radius 2 is 2.07 bits per heavy atom. The summed E-state index contributed by atoms with van der Waals surface area (Å²) >= 11 is 9.54. The fourth-order valence-electron chi connectivity index (χ4n) is 1.75. The van der Waals surface area contributed by atoms with Crippen LogP contribution in [0.25, 0.3) is 10.9 Å². The minimum atomic E-state index is 0.448. The molecule has 78 valence electrons. The quantitative estimate of drug-likeness (QED) is 0.735. The number of fused-ring (bicyclic) bond motifs is 1. The highest BCUT2D eigenvalue weighted by molar-refractivity contribution is 9.10. The maximum absolute atomic E-state index is 6.00. The van der Waals surface area contributed by atoms with Crippen LogP contribution in [0.4, 0.5) is 0 Å². The molecule has 1 aromatic carbocycles. The number of nitrogens with zero attached hydrogens (tertiary/aromatic N) is 1. The highest BCUT2D eigenvalue weighted by Gasteiger charge is 2.10. The van der Waals surface area contributed by atoms with E-state index in [1.165, 1.54) is 5.56 Å². The second-order valence-corrected chi connectivity index (χ2v) is 5.13. The zero-order valence-corrected chi connectivity index (χ0v) is 10.9. The molecule has 0 unspecified atom stereocenters. The zero-order valence-electron chi connectivity index (χ0n) is 8.59. The Labute approximate surface area is 103 Å². The Kier molecular flexibility index (Phi) is 2.98. The van der Waals surface area contributed by atoms with Crippen LogP contribution in [0.1, 0.15) is 25.3 Å². The van der Waals surface area contributed by atoms with Crippen LogP contribution in [0.15, 0.2) is 28.9 Å². The van der Waals surface area contributed by atoms with Crippen LogP contribution in [-0.4, -0.2) is 4.98 Å². The van der Waals surface area contributed by atoms with Gasteiger partial charge in [-0.1, -0.05) is 25.4 Å². The van der Waals surface area contributed by atoms with Gasteiger partial charge in [0, 0.05) is 21.1 Å². The van der Waals surface area contributed by atoms with Gasteiger partial charge in [0.2, 0.25) is 0 Å². The lowest BCUT2D eigenvalue weighted by atomic mass is 9.99. The largest absolute Gasteiger partial charge is 0.255 e. The number of hydrogen-bond donors (Lipinski definition) is 0. The minimum Gasteiger partial charge on any atom is -0.255 e. The van der Waals surface area contributed by atoms with E-state index in [-0.39, 0.29) is 0 Å². The molecule has 0 spiro atoms. The molecule has 0 atom stereocenters. The van der Waals surface area contributed by atoms with Gasteiger partial charge in [-0.25, -0.2) is 0 Å². The van der Waals surface area contributed by atoms with E-state index in [9.17, 15) is 0 Å². The van der Waals surface area contributed by atoms with Crippen molar-refractivity contribution < 1.29 is 0 Å². The molecule has 0 fully saturated rings. The van der Waals surface area contributed by atoms with Crippen molar-refractivity contribution in [3.05, 3.63) is 39.5 Å². The summed E-state index contributed by atoms with van der Waals surface area (Å²) < 4.78 is 1.05. The lowest BCUT2D eigenvalue weighted by Gasteiger charge is -2.11. The lowest BCUT2D eigenvalue weighted by Crippen LogP contribution is -1.93. The van der Waals surface area contributed by atoms with Gasteiger partial charge in [0.15, 0.2) is 0 Å². The van der Waals surface area contributed by atoms with E-state index >= 15 is 0 Å². The van der Waals surface area contributed by atoms with Crippen molar-refractivity contribution in [2.75, 3.05) is 0 Å². The lowest BCUT2D eigenvalue weighted by molar-refractivity contribution is 0.868. The molecule has 3 heteroatoms. The molecule has 15 heavy (non-hydrogen) atoms. The second kappa shape index (κ2) is 4.11. The van der Waals surface area contributed by atoms with Crippen LogP contribution in [0.2, 0.25) is 5.02 Å². The van der Waals surface area contributed by atoms with Crippen LogP contribution in [0.3, 0.4) is 0 Å². The maximum Gasteiger partial charge on any atom is 0.0706 e. The fourth-order valence-corrected chi connectivity index (χ4v) is 2.69. The molecule has 1 nitrogen and oxygen atoms in total. The molecule has 0 aliphatic heterocycles. The van der Waals surface area contributed by atoms with Crippen LogP contribution >= 0.6 is 27.5 Å². The van der Waals surface area contributed by atoms with Crippen molar-refractivity contribution in [3.63, 3.8) is 0 Å². The molecule has 0 aliphatic carbocycles. The van der Waals surface area contributed by atoms with Gasteiger partial charge >= 0.3 is 0 Å². The van der Waals surface area contributed by atoms with Gasteiger partial charge in [0.25, 0.3) is 0 Å². The molecule has 1 aromatic heterocycles. The van der Waals surface area contributed by atoms with Crippen molar-refractivity contribution in [1.29, 1.82) is 0 Å². The van der Waals surface area contributed by atoms with Gasteiger partial charge in [-0.15, -0.1) is 0 Å². The van der Waals surface area contributed by atoms with Gasteiger partial charge in [-0.2, -0.15) is 0 Å². The molecule has 0 aliphatic rings. The molecule has 0 saturated carbocycles. The average molecular weight is 285 g/mol. The van der Waals surface area contributed by atoms with Gasteiger partial charge in [0.05, 0.1) is 5.52 Å². The van der Waals surface area contributed by atoms with Crippen LogP contribution in [0, 0.1) is 0 Å². The van der Waals surface area contributed by atoms with Crippen LogP contribution in [0.5, 0.6) is 0 Å². The highest BCUT2D eigenvalue weighted by Crippen LogP contribution is 2.32. The first kappa shape index (κ1) is 10.9. The molecule has 0 N–H and O–H groups in total. The highest BCUT2D eigenvalue weighted by atomic mass is 79.9. The molecule has 0 saturated heterocycles. The van der Waals surface area contributed by atoms with E-state index in [0.717, 1.165) is 20.4 Å². The molecule has 1 heterocycles. The van der Waals surface area contributed by atoms with E-state index in [1.54, 1.807) is 0 Å². The third-order valence-electron chi connectivity index (χ3n) is 2.40. The number of hydrogen-bond acceptors (Lipinski definition) is 1. The topological polar surface area (TPSA) is 12.9 Å². The zero-order chi connectivity index (χ0) is 11.0. The third-order valence-corrected chi connectivity index (χ3v) is 3.27. The van der Waals surface area contributed by atoms with Gasteiger partial charge < -0.3 is 0 Å². The number of pyridine rings is 1. The van der Waals surface area contributed by atoms with Gasteiger partial charge in [-0.3, -0.25) is 4.98 Å². The van der Waals surface area contributed by atoms with Gasteiger partial charge in [0.1, 0.15) is 0 Å². The van der Waals surface area contributed by atoms with E-state index in [0.29, 0.717) is 5.92 Å². The first-order valence-corrected chi connectivity index (χ1v) is 6.00. The summed E-state index contributed by atoms with van der Waals surface area (Å²) in [6.07, 6.45) is 1.85. The SMILES string of the molecule is CC(C)c1c(Br)cnc2ccc(Cl)cc12. The standard InChI is InChI=1S/C12H11BrClN/c1-7(2)12-9-5-8(14)3-4-11(9)15-6-10(12)13/h3-7H,1-2H3. The van der Waals surface area contributed by atoms with E-state index in [2.05, 4.69) is 34.8 Å². The van der Waals surface area contributed by atoms with Crippen molar-refractivity contribution in [2.24, 2.45) is 0 Å². The normalized spacial score (nSPS) is 11.3. The summed E-state index contributed by atoms with van der Waals surface area (Å²) in [5.74, 6) is 0.448. The molecule has 2 aromatic rings. The third kappa shape index (κ3) is 2.01. The molecule has 0 radical (unpaired) electrons. The number of aromatic nitrogens is 1. The Balaban J connectivity index is 2.84. The summed E-state index contributed by atoms with van der Waals surface area (Å²) in [7, 11) is 0. The molecular formula is C12H11BrClN. The molecular weight excluding hydrogens is 273 g/mol. The first-order chi connectivity index (χ1) is 7.09. The second-order valence-electron chi connectivity index (χ2n) is 3.84. The number of halogens is 2. The maximum atomic E-state index is 6.00. The van der Waals surface area contributed by atoms with Crippen molar-refractivity contribution in [3.8, 4) is 0 Å². The van der Waals surface area contributed by atoms with Crippen LogP contribution in [-0.2, 0) is 0 Å². The van der Waals surface area contributed by atoms with Crippen molar-refractivity contribution in [1.82, 2.24) is 4.98 Å². The monoisotopic (exact) mass is 283 g/mol. The molecule has 0 amide bonds. The van der Waals surface area contributed by atoms with Crippen LogP contribution < -0.4 is 0 Å². The Morgan fingerprint density at radius 1 is 1.33 bits per heavy atom. The summed E-state index contributed by atoms with van der Waals surface area (Å²) in [6.45, 7) is 4.33. The molecule has 2 rings (SSSR count). The van der Waals surface area contributed by atoms with Crippen molar-refractivity contribution in [2.45, 2.75) is 19.8 Å². The predicted octanol–water partition coefficient (Wildman–Crippen LogP) is 4.77. The Bertz CT molecular complexity index is 503. The van der Waals surface area contributed by atoms with Gasteiger partial charge in [-0.05, 0) is 45.6 Å². The minimum absolute atomic E-state index is 0.448. The predicted molar refractivity (Wildman–Crippen MR) is 68.5 cm³/mol. The van der Waals surface area contributed by atoms with E-state index in [1.807, 2.05) is 24.4 Å². The molecule has 0 bridgehead atoms. The van der Waals surface area contributed by atoms with E-state index < -0.39 is 0 Å². The van der Waals surface area contributed by atoms with E-state index in [4.69, 9.17) is 11.6 Å². The fraction of sp³-hybridized carbons (Fsp3) is 0.250. The first-order valence-electron chi connectivity index (χ1n) is 4.83. The average Bonchev–Trinajstić information content (AvgIpc) is 2.16. The number of rotatable bonds is 1. The summed E-state index contributed by atoms with van der Waals surface area (Å²) in [5, 5.41) is 1.89. The van der Waals surface area contributed by atoms with Crippen molar-refractivity contribution >= 4 is 38.4 Å². The smallest absolute Gasteiger partial charge is 0.0706 e. The number of benzene rings is 1. The summed E-state index contributed by atoms with van der Waals surface area (Å²) in [5.41, 5.74) is 2.26. The summed E-state index contributed by atoms with van der Waals surface area (Å²) in [4.78, 5) is 4.36.